The minimum atomic E-state index is -0.926. The fourth-order valence-electron chi connectivity index (χ4n) is 0.676. The van der Waals surface area contributed by atoms with Crippen molar-refractivity contribution in [1.29, 1.82) is 0 Å². The van der Waals surface area contributed by atoms with Crippen LogP contribution in [0.2, 0.25) is 0 Å². The molecule has 3 nitrogen and oxygen atoms in total. The van der Waals surface area contributed by atoms with E-state index in [-0.39, 0.29) is 5.69 Å². The maximum Gasteiger partial charge on any atom is 0.353 e. The van der Waals surface area contributed by atoms with Gasteiger partial charge in [-0.25, -0.2) is 4.79 Å². The average molecular weight is 204 g/mol. The van der Waals surface area contributed by atoms with Crippen molar-refractivity contribution in [3.63, 3.8) is 0 Å². The molecule has 54 valence electrons. The fourth-order valence-corrected chi connectivity index (χ4v) is 1.06. The van der Waals surface area contributed by atoms with Gasteiger partial charge in [-0.05, 0) is 19.1 Å². The summed E-state index contributed by atoms with van der Waals surface area (Å²) in [6, 6.07) is 3.28. The molecule has 0 aliphatic heterocycles. The summed E-state index contributed by atoms with van der Waals surface area (Å²) in [5.74, 6) is -0.926. The SMILES string of the molecule is Cc1ccc(C(=O)O)n1Br. The van der Waals surface area contributed by atoms with Gasteiger partial charge < -0.3 is 5.11 Å². The van der Waals surface area contributed by atoms with Crippen LogP contribution in [0.3, 0.4) is 0 Å². The number of hydrogen-bond donors (Lipinski definition) is 1. The number of hydrogen-bond acceptors (Lipinski definition) is 1. The van der Waals surface area contributed by atoms with Gasteiger partial charge in [-0.3, -0.25) is 3.59 Å². The highest BCUT2D eigenvalue weighted by atomic mass is 79.9. The van der Waals surface area contributed by atoms with Crippen LogP contribution in [0.15, 0.2) is 12.1 Å². The van der Waals surface area contributed by atoms with Crippen molar-refractivity contribution in [2.24, 2.45) is 0 Å². The molecular formula is C6H6BrNO2. The number of aromatic nitrogens is 1. The van der Waals surface area contributed by atoms with Gasteiger partial charge in [-0.15, -0.1) is 0 Å². The Hall–Kier alpha value is -0.770. The highest BCUT2D eigenvalue weighted by Crippen LogP contribution is 2.10. The Bertz CT molecular complexity index is 267. The Morgan fingerprint density at radius 2 is 2.30 bits per heavy atom. The maximum absolute atomic E-state index is 10.4. The first-order chi connectivity index (χ1) is 4.63. The summed E-state index contributed by atoms with van der Waals surface area (Å²) in [5.41, 5.74) is 1.12. The second kappa shape index (κ2) is 2.46. The smallest absolute Gasteiger partial charge is 0.353 e. The summed E-state index contributed by atoms with van der Waals surface area (Å²) in [7, 11) is 0. The molecule has 0 unspecified atom stereocenters. The molecule has 0 amide bonds. The van der Waals surface area contributed by atoms with E-state index < -0.39 is 5.97 Å². The maximum atomic E-state index is 10.4. The lowest BCUT2D eigenvalue weighted by molar-refractivity contribution is 0.0690. The minimum absolute atomic E-state index is 0.248. The van der Waals surface area contributed by atoms with Crippen LogP contribution in [0.4, 0.5) is 0 Å². The molecule has 0 radical (unpaired) electrons. The van der Waals surface area contributed by atoms with Crippen LogP contribution in [0.1, 0.15) is 16.2 Å². The van der Waals surface area contributed by atoms with Crippen molar-refractivity contribution in [3.05, 3.63) is 23.5 Å². The number of aromatic carboxylic acids is 1. The lowest BCUT2D eigenvalue weighted by Crippen LogP contribution is -2.00. The lowest BCUT2D eigenvalue weighted by Gasteiger charge is -1.94. The number of carboxylic acids is 1. The van der Waals surface area contributed by atoms with Gasteiger partial charge in [0.1, 0.15) is 5.69 Å². The van der Waals surface area contributed by atoms with Crippen LogP contribution in [0.5, 0.6) is 0 Å². The summed E-state index contributed by atoms with van der Waals surface area (Å²) < 4.78 is 1.45. The molecule has 0 aliphatic carbocycles. The largest absolute Gasteiger partial charge is 0.477 e. The Morgan fingerprint density at radius 1 is 1.70 bits per heavy atom. The number of rotatable bonds is 1. The van der Waals surface area contributed by atoms with E-state index in [1.54, 1.807) is 12.1 Å². The molecule has 1 aromatic heterocycles. The molecule has 0 aliphatic rings. The second-order valence-electron chi connectivity index (χ2n) is 1.95. The fraction of sp³-hybridized carbons (Fsp3) is 0.167. The summed E-state index contributed by atoms with van der Waals surface area (Å²) in [4.78, 5) is 10.4. The standard InChI is InChI=1S/C6H6BrNO2/c1-4-2-3-5(6(9)10)8(4)7/h2-3H,1H3,(H,9,10). The molecule has 0 saturated carbocycles. The van der Waals surface area contributed by atoms with E-state index in [1.165, 1.54) is 3.59 Å². The second-order valence-corrected chi connectivity index (χ2v) is 2.66. The van der Waals surface area contributed by atoms with Crippen LogP contribution in [-0.4, -0.2) is 14.7 Å². The van der Waals surface area contributed by atoms with Crippen LogP contribution < -0.4 is 0 Å². The topological polar surface area (TPSA) is 42.2 Å². The normalized spacial score (nSPS) is 9.80. The van der Waals surface area contributed by atoms with E-state index >= 15 is 0 Å². The molecule has 0 bridgehead atoms. The minimum Gasteiger partial charge on any atom is -0.477 e. The average Bonchev–Trinajstić information content (AvgIpc) is 2.14. The molecule has 0 aromatic carbocycles. The molecule has 10 heavy (non-hydrogen) atoms. The number of carboxylic acid groups (broad SMARTS) is 1. The molecular weight excluding hydrogens is 198 g/mol. The van der Waals surface area contributed by atoms with Crippen molar-refractivity contribution < 1.29 is 9.90 Å². The number of aryl methyl sites for hydroxylation is 1. The monoisotopic (exact) mass is 203 g/mol. The van der Waals surface area contributed by atoms with Crippen LogP contribution in [0.25, 0.3) is 0 Å². The van der Waals surface area contributed by atoms with E-state index in [9.17, 15) is 4.79 Å². The first kappa shape index (κ1) is 7.34. The van der Waals surface area contributed by atoms with Crippen LogP contribution >= 0.6 is 16.1 Å². The van der Waals surface area contributed by atoms with Gasteiger partial charge in [0, 0.05) is 5.69 Å². The van der Waals surface area contributed by atoms with E-state index in [0.29, 0.717) is 0 Å². The van der Waals surface area contributed by atoms with E-state index in [1.807, 2.05) is 6.92 Å². The summed E-state index contributed by atoms with van der Waals surface area (Å²) in [6.45, 7) is 1.82. The Morgan fingerprint density at radius 3 is 2.50 bits per heavy atom. The molecule has 1 heterocycles. The van der Waals surface area contributed by atoms with Crippen LogP contribution in [-0.2, 0) is 0 Å². The first-order valence-corrected chi connectivity index (χ1v) is 3.41. The zero-order chi connectivity index (χ0) is 7.72. The number of carbonyl (C=O) groups is 1. The molecule has 0 fully saturated rings. The van der Waals surface area contributed by atoms with Gasteiger partial charge in [-0.1, -0.05) is 0 Å². The Balaban J connectivity index is 3.17. The highest BCUT2D eigenvalue weighted by molar-refractivity contribution is 9.08. The summed E-state index contributed by atoms with van der Waals surface area (Å²) in [5, 5.41) is 8.53. The molecule has 1 rings (SSSR count). The zero-order valence-electron chi connectivity index (χ0n) is 5.34. The third-order valence-corrected chi connectivity index (χ3v) is 2.16. The predicted octanol–water partition coefficient (Wildman–Crippen LogP) is 1.65. The van der Waals surface area contributed by atoms with Crippen molar-refractivity contribution in [2.45, 2.75) is 6.92 Å². The van der Waals surface area contributed by atoms with E-state index in [4.69, 9.17) is 5.11 Å². The Labute approximate surface area is 66.6 Å². The molecule has 0 saturated heterocycles. The number of nitrogens with zero attached hydrogens (tertiary/aromatic N) is 1. The van der Waals surface area contributed by atoms with Crippen molar-refractivity contribution >= 4 is 22.1 Å². The van der Waals surface area contributed by atoms with Gasteiger partial charge in [0.15, 0.2) is 0 Å². The third kappa shape index (κ3) is 1.07. The van der Waals surface area contributed by atoms with Crippen LogP contribution in [0, 0.1) is 6.92 Å². The molecule has 0 atom stereocenters. The molecule has 1 aromatic rings. The highest BCUT2D eigenvalue weighted by Gasteiger charge is 2.08. The van der Waals surface area contributed by atoms with Crippen molar-refractivity contribution in [1.82, 2.24) is 3.59 Å². The van der Waals surface area contributed by atoms with Gasteiger partial charge in [0.25, 0.3) is 0 Å². The Kier molecular flexibility index (Phi) is 1.80. The van der Waals surface area contributed by atoms with Crippen molar-refractivity contribution in [2.75, 3.05) is 0 Å². The summed E-state index contributed by atoms with van der Waals surface area (Å²) >= 11 is 3.09. The molecule has 0 spiro atoms. The van der Waals surface area contributed by atoms with Crippen molar-refractivity contribution in [3.8, 4) is 0 Å². The lowest BCUT2D eigenvalue weighted by atomic mass is 10.4. The molecule has 4 heteroatoms. The third-order valence-electron chi connectivity index (χ3n) is 1.22. The van der Waals surface area contributed by atoms with E-state index in [0.717, 1.165) is 5.69 Å². The first-order valence-electron chi connectivity index (χ1n) is 2.70. The van der Waals surface area contributed by atoms with Gasteiger partial charge in [0.2, 0.25) is 0 Å². The number of halogens is 1. The van der Waals surface area contributed by atoms with Gasteiger partial charge in [0.05, 0.1) is 16.1 Å². The quantitative estimate of drug-likeness (QED) is 0.755. The van der Waals surface area contributed by atoms with E-state index in [2.05, 4.69) is 16.1 Å². The van der Waals surface area contributed by atoms with Gasteiger partial charge >= 0.3 is 5.97 Å². The predicted molar refractivity (Wildman–Crippen MR) is 40.5 cm³/mol. The van der Waals surface area contributed by atoms with Gasteiger partial charge in [-0.2, -0.15) is 0 Å². The zero-order valence-corrected chi connectivity index (χ0v) is 6.92. The summed E-state index contributed by atoms with van der Waals surface area (Å²) in [6.07, 6.45) is 0. The molecule has 1 N–H and O–H groups in total.